The zero-order valence-electron chi connectivity index (χ0n) is 3.71. The Hall–Kier alpha value is 0.399. The molecule has 0 aliphatic rings. The minimum Gasteiger partial charge on any atom is -0.394 e. The van der Waals surface area contributed by atoms with Crippen LogP contribution in [-0.4, -0.2) is 34.6 Å². The second-order valence-electron chi connectivity index (χ2n) is 1.02. The summed E-state index contributed by atoms with van der Waals surface area (Å²) in [5.74, 6) is 0. The van der Waals surface area contributed by atoms with Crippen molar-refractivity contribution in [3.8, 4) is 0 Å². The minimum atomic E-state index is -0.954. The molecular formula is C3H8MnO3. The van der Waals surface area contributed by atoms with E-state index in [1.165, 1.54) is 0 Å². The SMILES string of the molecule is OCC(O)CO.[Mn]. The van der Waals surface area contributed by atoms with Crippen LogP contribution in [0.15, 0.2) is 0 Å². The molecule has 0 aliphatic carbocycles. The molecule has 0 atom stereocenters. The summed E-state index contributed by atoms with van der Waals surface area (Å²) in [4.78, 5) is 0. The zero-order chi connectivity index (χ0) is 4.99. The van der Waals surface area contributed by atoms with Crippen molar-refractivity contribution >= 4 is 0 Å². The smallest absolute Gasteiger partial charge is 0.100 e. The molecule has 0 aromatic carbocycles. The summed E-state index contributed by atoms with van der Waals surface area (Å²) in [6.07, 6.45) is -0.954. The first-order valence-electron chi connectivity index (χ1n) is 1.71. The number of aliphatic hydroxyl groups is 3. The summed E-state index contributed by atoms with van der Waals surface area (Å²) >= 11 is 0. The first-order chi connectivity index (χ1) is 2.81. The van der Waals surface area contributed by atoms with Crippen LogP contribution in [0.2, 0.25) is 0 Å². The Balaban J connectivity index is 0. The Morgan fingerprint density at radius 2 is 1.43 bits per heavy atom. The molecule has 0 rings (SSSR count). The largest absolute Gasteiger partial charge is 0.394 e. The number of aliphatic hydroxyl groups excluding tert-OH is 3. The summed E-state index contributed by atoms with van der Waals surface area (Å²) in [5, 5.41) is 24.0. The Morgan fingerprint density at radius 3 is 1.43 bits per heavy atom. The molecule has 0 saturated heterocycles. The van der Waals surface area contributed by atoms with Gasteiger partial charge in [0.25, 0.3) is 0 Å². The van der Waals surface area contributed by atoms with Crippen molar-refractivity contribution < 1.29 is 32.4 Å². The van der Waals surface area contributed by atoms with Gasteiger partial charge in [0, 0.05) is 17.1 Å². The molecule has 3 nitrogen and oxygen atoms in total. The Kier molecular flexibility index (Phi) is 9.50. The standard InChI is InChI=1S/C3H8O3.Mn/c4-1-3(6)2-5;/h3-6H,1-2H2;. The van der Waals surface area contributed by atoms with E-state index in [9.17, 15) is 0 Å². The normalized spacial score (nSPS) is 8.57. The number of rotatable bonds is 2. The van der Waals surface area contributed by atoms with E-state index in [1.54, 1.807) is 0 Å². The molecule has 4 heteroatoms. The Labute approximate surface area is 52.4 Å². The van der Waals surface area contributed by atoms with Crippen LogP contribution in [0.5, 0.6) is 0 Å². The van der Waals surface area contributed by atoms with E-state index in [0.29, 0.717) is 0 Å². The van der Waals surface area contributed by atoms with E-state index in [-0.39, 0.29) is 30.3 Å². The van der Waals surface area contributed by atoms with E-state index in [4.69, 9.17) is 15.3 Å². The van der Waals surface area contributed by atoms with Gasteiger partial charge in [0.1, 0.15) is 6.10 Å². The van der Waals surface area contributed by atoms with Gasteiger partial charge in [-0.1, -0.05) is 0 Å². The molecule has 45 valence electrons. The molecule has 0 spiro atoms. The number of hydrogen-bond acceptors (Lipinski definition) is 3. The molecular weight excluding hydrogens is 139 g/mol. The van der Waals surface area contributed by atoms with Gasteiger partial charge >= 0.3 is 0 Å². The van der Waals surface area contributed by atoms with Gasteiger partial charge in [0.05, 0.1) is 13.2 Å². The maximum absolute atomic E-state index is 8.17. The predicted molar refractivity (Wildman–Crippen MR) is 20.2 cm³/mol. The molecule has 0 aromatic rings. The fourth-order valence-electron chi connectivity index (χ4n) is 0.0577. The molecule has 0 aliphatic heterocycles. The molecule has 7 heavy (non-hydrogen) atoms. The second-order valence-corrected chi connectivity index (χ2v) is 1.02. The monoisotopic (exact) mass is 147 g/mol. The van der Waals surface area contributed by atoms with Crippen LogP contribution in [-0.2, 0) is 17.1 Å². The Morgan fingerprint density at radius 1 is 1.14 bits per heavy atom. The summed E-state index contributed by atoms with van der Waals surface area (Å²) in [6, 6.07) is 0. The van der Waals surface area contributed by atoms with E-state index < -0.39 is 6.10 Å². The Bertz CT molecular complexity index is 29.4. The van der Waals surface area contributed by atoms with Gasteiger partial charge in [-0.25, -0.2) is 0 Å². The van der Waals surface area contributed by atoms with Crippen LogP contribution in [0.3, 0.4) is 0 Å². The average molecular weight is 147 g/mol. The quantitative estimate of drug-likeness (QED) is 0.409. The zero-order valence-corrected chi connectivity index (χ0v) is 4.89. The summed E-state index contributed by atoms with van der Waals surface area (Å²) in [7, 11) is 0. The molecule has 0 heterocycles. The van der Waals surface area contributed by atoms with Crippen LogP contribution in [0.4, 0.5) is 0 Å². The van der Waals surface area contributed by atoms with Gasteiger partial charge in [-0.15, -0.1) is 0 Å². The summed E-state index contributed by atoms with van der Waals surface area (Å²) in [6.45, 7) is -0.729. The third-order valence-corrected chi connectivity index (χ3v) is 0.421. The second kappa shape index (κ2) is 6.40. The maximum atomic E-state index is 8.17. The third-order valence-electron chi connectivity index (χ3n) is 0.421. The fraction of sp³-hybridized carbons (Fsp3) is 1.00. The van der Waals surface area contributed by atoms with Crippen molar-refractivity contribution in [2.45, 2.75) is 6.10 Å². The fourth-order valence-corrected chi connectivity index (χ4v) is 0.0577. The molecule has 0 unspecified atom stereocenters. The van der Waals surface area contributed by atoms with Gasteiger partial charge in [-0.3, -0.25) is 0 Å². The predicted octanol–water partition coefficient (Wildman–Crippen LogP) is -1.67. The van der Waals surface area contributed by atoms with Gasteiger partial charge in [-0.05, 0) is 0 Å². The average Bonchev–Trinajstić information content (AvgIpc) is 1.65. The van der Waals surface area contributed by atoms with Crippen LogP contribution in [0.1, 0.15) is 0 Å². The van der Waals surface area contributed by atoms with Crippen molar-refractivity contribution in [3.05, 3.63) is 0 Å². The van der Waals surface area contributed by atoms with Gasteiger partial charge in [-0.2, -0.15) is 0 Å². The van der Waals surface area contributed by atoms with Crippen LogP contribution >= 0.6 is 0 Å². The van der Waals surface area contributed by atoms with E-state index >= 15 is 0 Å². The van der Waals surface area contributed by atoms with E-state index in [0.717, 1.165) is 0 Å². The van der Waals surface area contributed by atoms with Crippen molar-refractivity contribution in [1.82, 2.24) is 0 Å². The van der Waals surface area contributed by atoms with Crippen LogP contribution in [0, 0.1) is 0 Å². The molecule has 0 aromatic heterocycles. The van der Waals surface area contributed by atoms with Crippen molar-refractivity contribution in [2.75, 3.05) is 13.2 Å². The third kappa shape index (κ3) is 6.40. The topological polar surface area (TPSA) is 60.7 Å². The molecule has 3 N–H and O–H groups in total. The van der Waals surface area contributed by atoms with Gasteiger partial charge in [0.2, 0.25) is 0 Å². The van der Waals surface area contributed by atoms with Gasteiger partial charge < -0.3 is 15.3 Å². The maximum Gasteiger partial charge on any atom is 0.100 e. The van der Waals surface area contributed by atoms with E-state index in [2.05, 4.69) is 0 Å². The molecule has 0 bridgehead atoms. The minimum absolute atomic E-state index is 0. The van der Waals surface area contributed by atoms with E-state index in [1.807, 2.05) is 0 Å². The molecule has 0 fully saturated rings. The van der Waals surface area contributed by atoms with Crippen LogP contribution < -0.4 is 0 Å². The molecule has 1 radical (unpaired) electrons. The van der Waals surface area contributed by atoms with Crippen LogP contribution in [0.25, 0.3) is 0 Å². The summed E-state index contributed by atoms with van der Waals surface area (Å²) < 4.78 is 0. The van der Waals surface area contributed by atoms with Crippen molar-refractivity contribution in [1.29, 1.82) is 0 Å². The summed E-state index contributed by atoms with van der Waals surface area (Å²) in [5.41, 5.74) is 0. The van der Waals surface area contributed by atoms with Crippen molar-refractivity contribution in [2.24, 2.45) is 0 Å². The number of hydrogen-bond donors (Lipinski definition) is 3. The van der Waals surface area contributed by atoms with Gasteiger partial charge in [0.15, 0.2) is 0 Å². The molecule has 0 amide bonds. The van der Waals surface area contributed by atoms with Crippen molar-refractivity contribution in [3.63, 3.8) is 0 Å². The first-order valence-corrected chi connectivity index (χ1v) is 1.71. The molecule has 0 saturated carbocycles. The first kappa shape index (κ1) is 10.4.